The maximum absolute atomic E-state index is 10.1. The molecule has 1 heterocycles. The molecule has 1 aliphatic rings. The van der Waals surface area contributed by atoms with Gasteiger partial charge in [-0.2, -0.15) is 5.10 Å². The van der Waals surface area contributed by atoms with Gasteiger partial charge in [0.2, 0.25) is 0 Å². The van der Waals surface area contributed by atoms with Crippen molar-refractivity contribution in [2.45, 2.75) is 45.8 Å². The van der Waals surface area contributed by atoms with E-state index in [2.05, 4.69) is 18.9 Å². The summed E-state index contributed by atoms with van der Waals surface area (Å²) in [6, 6.07) is 0.165. The van der Waals surface area contributed by atoms with Crippen LogP contribution in [0.5, 0.6) is 0 Å². The fraction of sp³-hybridized carbons (Fsp3) is 0.727. The molecule has 0 amide bonds. The molecule has 0 spiro atoms. The summed E-state index contributed by atoms with van der Waals surface area (Å²) in [6.07, 6.45) is 5.67. The minimum absolute atomic E-state index is 0.0323. The van der Waals surface area contributed by atoms with Gasteiger partial charge in [0.25, 0.3) is 0 Å². The van der Waals surface area contributed by atoms with E-state index in [1.165, 1.54) is 0 Å². The molecule has 1 N–H and O–H groups in total. The third-order valence-electron chi connectivity index (χ3n) is 3.32. The van der Waals surface area contributed by atoms with Crippen molar-refractivity contribution < 1.29 is 5.11 Å². The number of hydrogen-bond acceptors (Lipinski definition) is 2. The largest absolute Gasteiger partial charge is 0.390 e. The quantitative estimate of drug-likeness (QED) is 0.741. The Morgan fingerprint density at radius 1 is 1.57 bits per heavy atom. The number of nitrogens with zero attached hydrogens (tertiary/aromatic N) is 2. The van der Waals surface area contributed by atoms with Gasteiger partial charge in [-0.15, -0.1) is 0 Å². The topological polar surface area (TPSA) is 38.0 Å². The van der Waals surface area contributed by atoms with Crippen LogP contribution >= 0.6 is 0 Å². The molecule has 2 unspecified atom stereocenters. The third kappa shape index (κ3) is 1.46. The highest BCUT2D eigenvalue weighted by Gasteiger charge is 2.41. The zero-order valence-corrected chi connectivity index (χ0v) is 9.07. The number of aryl methyl sites for hydroxylation is 1. The van der Waals surface area contributed by atoms with Crippen molar-refractivity contribution in [2.24, 2.45) is 5.41 Å². The molecule has 78 valence electrons. The van der Waals surface area contributed by atoms with Crippen LogP contribution in [0.1, 0.15) is 38.3 Å². The summed E-state index contributed by atoms with van der Waals surface area (Å²) in [5.74, 6) is 0. The average Bonchev–Trinajstić information content (AvgIpc) is 2.60. The minimum Gasteiger partial charge on any atom is -0.390 e. The van der Waals surface area contributed by atoms with Crippen LogP contribution in [0.15, 0.2) is 12.4 Å². The lowest BCUT2D eigenvalue weighted by Crippen LogP contribution is -2.29. The smallest absolute Gasteiger partial charge is 0.0815 e. The van der Waals surface area contributed by atoms with E-state index in [1.807, 2.05) is 24.0 Å². The van der Waals surface area contributed by atoms with Crippen LogP contribution in [-0.4, -0.2) is 21.0 Å². The monoisotopic (exact) mass is 194 g/mol. The van der Waals surface area contributed by atoms with Crippen LogP contribution in [0.3, 0.4) is 0 Å². The van der Waals surface area contributed by atoms with Crippen molar-refractivity contribution in [3.8, 4) is 0 Å². The van der Waals surface area contributed by atoms with Gasteiger partial charge in [0.15, 0.2) is 0 Å². The van der Waals surface area contributed by atoms with E-state index in [0.717, 1.165) is 18.4 Å². The summed E-state index contributed by atoms with van der Waals surface area (Å²) in [4.78, 5) is 0. The van der Waals surface area contributed by atoms with Gasteiger partial charge in [-0.3, -0.25) is 4.68 Å². The predicted molar refractivity (Wildman–Crippen MR) is 55.0 cm³/mol. The molecular weight excluding hydrogens is 176 g/mol. The van der Waals surface area contributed by atoms with Gasteiger partial charge in [-0.1, -0.05) is 13.8 Å². The van der Waals surface area contributed by atoms with E-state index in [0.29, 0.717) is 0 Å². The first-order chi connectivity index (χ1) is 6.50. The average molecular weight is 194 g/mol. The molecule has 0 saturated heterocycles. The molecule has 2 rings (SSSR count). The van der Waals surface area contributed by atoms with Gasteiger partial charge < -0.3 is 5.11 Å². The normalized spacial score (nSPS) is 30.9. The van der Waals surface area contributed by atoms with E-state index in [4.69, 9.17) is 0 Å². The van der Waals surface area contributed by atoms with Gasteiger partial charge >= 0.3 is 0 Å². The first-order valence-corrected chi connectivity index (χ1v) is 5.19. The molecule has 1 aliphatic carbocycles. The maximum Gasteiger partial charge on any atom is 0.0815 e. The lowest BCUT2D eigenvalue weighted by atomic mass is 9.89. The van der Waals surface area contributed by atoms with Crippen LogP contribution in [0, 0.1) is 12.3 Å². The Morgan fingerprint density at radius 3 is 2.71 bits per heavy atom. The molecule has 0 aliphatic heterocycles. The Kier molecular flexibility index (Phi) is 2.14. The molecule has 1 fully saturated rings. The lowest BCUT2D eigenvalue weighted by molar-refractivity contribution is 0.0463. The highest BCUT2D eigenvalue weighted by Crippen LogP contribution is 2.43. The van der Waals surface area contributed by atoms with E-state index in [1.54, 1.807) is 0 Å². The van der Waals surface area contributed by atoms with Crippen molar-refractivity contribution in [1.29, 1.82) is 0 Å². The lowest BCUT2D eigenvalue weighted by Gasteiger charge is -2.25. The van der Waals surface area contributed by atoms with Gasteiger partial charge in [-0.05, 0) is 30.7 Å². The third-order valence-corrected chi connectivity index (χ3v) is 3.32. The molecule has 3 heteroatoms. The van der Waals surface area contributed by atoms with Gasteiger partial charge in [-0.25, -0.2) is 0 Å². The summed E-state index contributed by atoms with van der Waals surface area (Å²) in [6.45, 7) is 6.26. The Labute approximate surface area is 84.7 Å². The van der Waals surface area contributed by atoms with Crippen LogP contribution in [0.25, 0.3) is 0 Å². The first kappa shape index (κ1) is 9.71. The standard InChI is InChI=1S/C11H18N2O/c1-8-6-12-13(7-8)9-4-5-11(2,3)10(9)14/h6-7,9-10,14H,4-5H2,1-3H3. The Morgan fingerprint density at radius 2 is 2.29 bits per heavy atom. The molecule has 2 atom stereocenters. The van der Waals surface area contributed by atoms with Crippen LogP contribution in [0.2, 0.25) is 0 Å². The minimum atomic E-state index is -0.276. The zero-order chi connectivity index (χ0) is 10.3. The number of rotatable bonds is 1. The second-order valence-corrected chi connectivity index (χ2v) is 5.04. The first-order valence-electron chi connectivity index (χ1n) is 5.19. The maximum atomic E-state index is 10.1. The highest BCUT2D eigenvalue weighted by atomic mass is 16.3. The van der Waals surface area contributed by atoms with Crippen molar-refractivity contribution in [1.82, 2.24) is 9.78 Å². The van der Waals surface area contributed by atoms with E-state index >= 15 is 0 Å². The summed E-state index contributed by atoms with van der Waals surface area (Å²) < 4.78 is 1.91. The summed E-state index contributed by atoms with van der Waals surface area (Å²) in [5, 5.41) is 14.4. The van der Waals surface area contributed by atoms with Gasteiger partial charge in [0.05, 0.1) is 18.3 Å². The molecular formula is C11H18N2O. The summed E-state index contributed by atoms with van der Waals surface area (Å²) in [7, 11) is 0. The molecule has 1 aromatic heterocycles. The molecule has 1 saturated carbocycles. The molecule has 3 nitrogen and oxygen atoms in total. The Bertz CT molecular complexity index is 330. The number of hydrogen-bond donors (Lipinski definition) is 1. The van der Waals surface area contributed by atoms with Crippen LogP contribution < -0.4 is 0 Å². The highest BCUT2D eigenvalue weighted by molar-refractivity contribution is 5.03. The van der Waals surface area contributed by atoms with Crippen LogP contribution in [0.4, 0.5) is 0 Å². The van der Waals surface area contributed by atoms with Crippen molar-refractivity contribution in [3.05, 3.63) is 18.0 Å². The van der Waals surface area contributed by atoms with Gasteiger partial charge in [0.1, 0.15) is 0 Å². The predicted octanol–water partition coefficient (Wildman–Crippen LogP) is 1.91. The fourth-order valence-corrected chi connectivity index (χ4v) is 2.24. The van der Waals surface area contributed by atoms with Crippen LogP contribution in [-0.2, 0) is 0 Å². The fourth-order valence-electron chi connectivity index (χ4n) is 2.24. The van der Waals surface area contributed by atoms with E-state index < -0.39 is 0 Å². The zero-order valence-electron chi connectivity index (χ0n) is 9.07. The number of aliphatic hydroxyl groups is 1. The summed E-state index contributed by atoms with van der Waals surface area (Å²) in [5.41, 5.74) is 1.19. The molecule has 0 bridgehead atoms. The second-order valence-electron chi connectivity index (χ2n) is 5.04. The van der Waals surface area contributed by atoms with Crippen molar-refractivity contribution >= 4 is 0 Å². The van der Waals surface area contributed by atoms with E-state index in [9.17, 15) is 5.11 Å². The Hall–Kier alpha value is -0.830. The SMILES string of the molecule is Cc1cnn(C2CCC(C)(C)C2O)c1. The molecule has 14 heavy (non-hydrogen) atoms. The molecule has 0 aromatic carbocycles. The van der Waals surface area contributed by atoms with Gasteiger partial charge in [0, 0.05) is 6.20 Å². The Balaban J connectivity index is 2.22. The summed E-state index contributed by atoms with van der Waals surface area (Å²) >= 11 is 0. The molecule has 0 radical (unpaired) electrons. The van der Waals surface area contributed by atoms with E-state index in [-0.39, 0.29) is 17.6 Å². The number of aromatic nitrogens is 2. The number of aliphatic hydroxyl groups excluding tert-OH is 1. The second kappa shape index (κ2) is 3.09. The molecule has 1 aromatic rings. The van der Waals surface area contributed by atoms with Crippen molar-refractivity contribution in [2.75, 3.05) is 0 Å². The van der Waals surface area contributed by atoms with Crippen molar-refractivity contribution in [3.63, 3.8) is 0 Å².